The highest BCUT2D eigenvalue weighted by Crippen LogP contribution is 2.21. The number of nitrogens with two attached hydrogens (primary N) is 2. The van der Waals surface area contributed by atoms with Crippen LogP contribution in [0.2, 0.25) is 0 Å². The number of amidine groups is 2. The van der Waals surface area contributed by atoms with E-state index in [4.69, 9.17) is 11.5 Å². The molecule has 2 rings (SSSR count). The van der Waals surface area contributed by atoms with Gasteiger partial charge in [-0.15, -0.1) is 10.2 Å². The molecule has 0 bridgehead atoms. The zero-order valence-corrected chi connectivity index (χ0v) is 13.4. The Hall–Kier alpha value is -4.08. The van der Waals surface area contributed by atoms with Crippen molar-refractivity contribution >= 4 is 24.1 Å². The first-order valence-electron chi connectivity index (χ1n) is 7.14. The monoisotopic (exact) mass is 356 g/mol. The van der Waals surface area contributed by atoms with E-state index >= 15 is 0 Å². The van der Waals surface area contributed by atoms with Crippen molar-refractivity contribution in [3.63, 3.8) is 0 Å². The van der Waals surface area contributed by atoms with Gasteiger partial charge in [-0.1, -0.05) is 0 Å². The van der Waals surface area contributed by atoms with Gasteiger partial charge in [0.25, 0.3) is 0 Å². The predicted octanol–water partition coefficient (Wildman–Crippen LogP) is 0.591. The molecular formula is C16H16N6O4. The fourth-order valence-corrected chi connectivity index (χ4v) is 1.69. The van der Waals surface area contributed by atoms with Crippen LogP contribution in [0.4, 0.5) is 0 Å². The van der Waals surface area contributed by atoms with E-state index < -0.39 is 0 Å². The second kappa shape index (κ2) is 8.15. The Morgan fingerprint density at radius 2 is 1.08 bits per heavy atom. The smallest absolute Gasteiger partial charge is 0.190 e. The molecule has 0 unspecified atom stereocenters. The van der Waals surface area contributed by atoms with Crippen molar-refractivity contribution in [1.82, 2.24) is 0 Å². The number of benzene rings is 2. The van der Waals surface area contributed by atoms with Crippen LogP contribution in [-0.2, 0) is 0 Å². The van der Waals surface area contributed by atoms with Gasteiger partial charge in [-0.05, 0) is 24.3 Å². The summed E-state index contributed by atoms with van der Waals surface area (Å²) in [4.78, 5) is 0. The number of hydrogen-bond acceptors (Lipinski definition) is 8. The van der Waals surface area contributed by atoms with Crippen LogP contribution in [0.15, 0.2) is 56.8 Å². The Bertz CT molecular complexity index is 845. The molecule has 0 aliphatic heterocycles. The van der Waals surface area contributed by atoms with Crippen molar-refractivity contribution in [2.24, 2.45) is 31.9 Å². The topological polar surface area (TPSA) is 182 Å². The maximum atomic E-state index is 9.60. The Labute approximate surface area is 147 Å². The van der Waals surface area contributed by atoms with Gasteiger partial charge in [0.15, 0.2) is 11.7 Å². The molecule has 0 atom stereocenters. The van der Waals surface area contributed by atoms with E-state index in [0.29, 0.717) is 11.1 Å². The molecule has 0 fully saturated rings. The summed E-state index contributed by atoms with van der Waals surface area (Å²) in [5.74, 6) is -0.962. The average molecular weight is 356 g/mol. The third-order valence-corrected chi connectivity index (χ3v) is 3.02. The summed E-state index contributed by atoms with van der Waals surface area (Å²) in [7, 11) is 0. The largest absolute Gasteiger partial charge is 0.508 e. The maximum Gasteiger partial charge on any atom is 0.190 e. The first kappa shape index (κ1) is 18.3. The van der Waals surface area contributed by atoms with E-state index in [0.717, 1.165) is 12.1 Å². The lowest BCUT2D eigenvalue weighted by molar-refractivity contribution is 0.449. The first-order chi connectivity index (χ1) is 12.4. The number of phenols is 4. The summed E-state index contributed by atoms with van der Waals surface area (Å²) in [6.45, 7) is 0. The molecule has 134 valence electrons. The van der Waals surface area contributed by atoms with Crippen LogP contribution in [0.5, 0.6) is 23.0 Å². The second-order valence-corrected chi connectivity index (χ2v) is 4.95. The SMILES string of the molecule is NC(=NN=Cc1ccc(O)cc1O)C(N)=NN=Cc1ccc(O)cc1O. The lowest BCUT2D eigenvalue weighted by atomic mass is 10.2. The highest BCUT2D eigenvalue weighted by molar-refractivity contribution is 6.39. The maximum absolute atomic E-state index is 9.60. The molecule has 10 heteroatoms. The van der Waals surface area contributed by atoms with Crippen LogP contribution in [0.1, 0.15) is 11.1 Å². The van der Waals surface area contributed by atoms with Crippen molar-refractivity contribution in [3.05, 3.63) is 47.5 Å². The van der Waals surface area contributed by atoms with Crippen LogP contribution >= 0.6 is 0 Å². The van der Waals surface area contributed by atoms with Crippen molar-refractivity contribution in [3.8, 4) is 23.0 Å². The third-order valence-electron chi connectivity index (χ3n) is 3.02. The van der Waals surface area contributed by atoms with E-state index in [-0.39, 0.29) is 34.7 Å². The summed E-state index contributed by atoms with van der Waals surface area (Å²) >= 11 is 0. The molecule has 0 aliphatic carbocycles. The molecule has 2 aromatic carbocycles. The van der Waals surface area contributed by atoms with Crippen LogP contribution in [0.25, 0.3) is 0 Å². The van der Waals surface area contributed by atoms with Crippen molar-refractivity contribution in [2.45, 2.75) is 0 Å². The minimum atomic E-state index is -0.216. The molecular weight excluding hydrogens is 340 g/mol. The number of rotatable bonds is 4. The zero-order valence-electron chi connectivity index (χ0n) is 13.4. The quantitative estimate of drug-likeness (QED) is 0.265. The predicted molar refractivity (Wildman–Crippen MR) is 98.0 cm³/mol. The van der Waals surface area contributed by atoms with Gasteiger partial charge in [0, 0.05) is 23.3 Å². The van der Waals surface area contributed by atoms with Crippen LogP contribution < -0.4 is 11.5 Å². The summed E-state index contributed by atoms with van der Waals surface area (Å²) in [5, 5.41) is 52.1. The number of nitrogens with zero attached hydrogens (tertiary/aromatic N) is 4. The van der Waals surface area contributed by atoms with Gasteiger partial charge < -0.3 is 31.9 Å². The molecule has 0 amide bonds. The average Bonchev–Trinajstić information content (AvgIpc) is 2.58. The molecule has 0 saturated carbocycles. The van der Waals surface area contributed by atoms with Gasteiger partial charge in [0.1, 0.15) is 23.0 Å². The second-order valence-electron chi connectivity index (χ2n) is 4.95. The van der Waals surface area contributed by atoms with Crippen molar-refractivity contribution in [1.29, 1.82) is 0 Å². The van der Waals surface area contributed by atoms with E-state index in [1.807, 2.05) is 0 Å². The van der Waals surface area contributed by atoms with Gasteiger partial charge in [0.05, 0.1) is 12.4 Å². The Morgan fingerprint density at radius 3 is 1.42 bits per heavy atom. The number of aromatic hydroxyl groups is 4. The van der Waals surface area contributed by atoms with E-state index in [9.17, 15) is 20.4 Å². The van der Waals surface area contributed by atoms with Crippen LogP contribution in [0, 0.1) is 0 Å². The number of hydrogen-bond donors (Lipinski definition) is 6. The summed E-state index contributed by atoms with van der Waals surface area (Å²) in [6.07, 6.45) is 2.43. The minimum Gasteiger partial charge on any atom is -0.508 e. The molecule has 0 saturated heterocycles. The molecule has 0 heterocycles. The highest BCUT2D eigenvalue weighted by atomic mass is 16.3. The molecule has 0 aliphatic rings. The Balaban J connectivity index is 2.06. The Morgan fingerprint density at radius 1 is 0.692 bits per heavy atom. The van der Waals surface area contributed by atoms with E-state index in [2.05, 4.69) is 20.4 Å². The van der Waals surface area contributed by atoms with Crippen molar-refractivity contribution in [2.75, 3.05) is 0 Å². The zero-order chi connectivity index (χ0) is 19.1. The van der Waals surface area contributed by atoms with E-state index in [1.165, 1.54) is 36.7 Å². The lowest BCUT2D eigenvalue weighted by Crippen LogP contribution is -2.30. The molecule has 10 nitrogen and oxygen atoms in total. The molecule has 0 aromatic heterocycles. The molecule has 26 heavy (non-hydrogen) atoms. The Kier molecular flexibility index (Phi) is 5.72. The minimum absolute atomic E-state index is 0.0865. The molecule has 0 spiro atoms. The number of phenolic OH excluding ortho intramolecular Hbond substituents is 4. The fraction of sp³-hybridized carbons (Fsp3) is 0. The summed E-state index contributed by atoms with van der Waals surface area (Å²) in [6, 6.07) is 7.92. The highest BCUT2D eigenvalue weighted by Gasteiger charge is 2.01. The van der Waals surface area contributed by atoms with Crippen molar-refractivity contribution < 1.29 is 20.4 Å². The van der Waals surface area contributed by atoms with Gasteiger partial charge in [-0.25, -0.2) is 0 Å². The van der Waals surface area contributed by atoms with E-state index in [1.54, 1.807) is 0 Å². The van der Waals surface area contributed by atoms with Gasteiger partial charge in [-0.2, -0.15) is 10.2 Å². The van der Waals surface area contributed by atoms with Gasteiger partial charge >= 0.3 is 0 Å². The molecule has 8 N–H and O–H groups in total. The summed E-state index contributed by atoms with van der Waals surface area (Å²) < 4.78 is 0. The van der Waals surface area contributed by atoms with Gasteiger partial charge in [-0.3, -0.25) is 0 Å². The van der Waals surface area contributed by atoms with Gasteiger partial charge in [0.2, 0.25) is 0 Å². The van der Waals surface area contributed by atoms with Crippen LogP contribution in [0.3, 0.4) is 0 Å². The molecule has 2 aromatic rings. The lowest BCUT2D eigenvalue weighted by Gasteiger charge is -1.99. The first-order valence-corrected chi connectivity index (χ1v) is 7.14. The normalized spacial score (nSPS) is 12.9. The molecule has 0 radical (unpaired) electrons. The van der Waals surface area contributed by atoms with Crippen LogP contribution in [-0.4, -0.2) is 44.5 Å². The fourth-order valence-electron chi connectivity index (χ4n) is 1.69. The summed E-state index contributed by atoms with van der Waals surface area (Å²) in [5.41, 5.74) is 11.8. The third kappa shape index (κ3) is 4.96. The standard InChI is InChI=1S/C16H16N6O4/c17-15(21-19-7-9-1-3-11(23)5-13(9)25)16(18)22-20-8-10-2-4-12(24)6-14(10)26/h1-8,23-26H,(H2,17,21)(H2,18,22).